The van der Waals surface area contributed by atoms with Crippen LogP contribution in [0.5, 0.6) is 0 Å². The molecule has 5 nitrogen and oxygen atoms in total. The van der Waals surface area contributed by atoms with Crippen molar-refractivity contribution in [2.45, 2.75) is 45.7 Å². The van der Waals surface area contributed by atoms with Crippen LogP contribution in [-0.2, 0) is 24.1 Å². The lowest BCUT2D eigenvalue weighted by atomic mass is 10.0. The van der Waals surface area contributed by atoms with E-state index in [0.29, 0.717) is 12.6 Å². The van der Waals surface area contributed by atoms with Crippen LogP contribution in [0.4, 0.5) is 5.82 Å². The molecule has 1 fully saturated rings. The first-order valence-corrected chi connectivity index (χ1v) is 7.10. The van der Waals surface area contributed by atoms with Crippen molar-refractivity contribution in [3.05, 3.63) is 16.8 Å². The molecule has 1 aliphatic heterocycles. The van der Waals surface area contributed by atoms with Crippen molar-refractivity contribution in [2.24, 2.45) is 5.73 Å². The summed E-state index contributed by atoms with van der Waals surface area (Å²) in [6, 6.07) is 0.386. The molecule has 0 aromatic carbocycles. The largest absolute Gasteiger partial charge is 0.379 e. The molecule has 1 unspecified atom stereocenters. The molecule has 1 aromatic rings. The maximum atomic E-state index is 5.96. The summed E-state index contributed by atoms with van der Waals surface area (Å²) in [7, 11) is 2.06. The summed E-state index contributed by atoms with van der Waals surface area (Å²) in [6.45, 7) is 6.36. The Morgan fingerprint density at radius 1 is 1.26 bits per heavy atom. The molecule has 19 heavy (non-hydrogen) atoms. The second-order valence-corrected chi connectivity index (χ2v) is 4.97. The Morgan fingerprint density at radius 2 is 2.05 bits per heavy atom. The van der Waals surface area contributed by atoms with Crippen molar-refractivity contribution in [3.63, 3.8) is 0 Å². The molecule has 2 N–H and O–H groups in total. The van der Waals surface area contributed by atoms with E-state index in [1.807, 2.05) is 0 Å². The SMILES string of the molecule is CCc1nnc(N(C)C2CCOC2)c(CN)c1CC. The number of nitrogens with zero attached hydrogens (tertiary/aromatic N) is 3. The Bertz CT molecular complexity index is 430. The van der Waals surface area contributed by atoms with E-state index in [1.54, 1.807) is 0 Å². The molecule has 5 heteroatoms. The summed E-state index contributed by atoms with van der Waals surface area (Å²) in [5.41, 5.74) is 9.44. The van der Waals surface area contributed by atoms with E-state index in [-0.39, 0.29) is 0 Å². The molecule has 0 amide bonds. The fraction of sp³-hybridized carbons (Fsp3) is 0.714. The maximum Gasteiger partial charge on any atom is 0.156 e. The van der Waals surface area contributed by atoms with Gasteiger partial charge in [-0.25, -0.2) is 0 Å². The van der Waals surface area contributed by atoms with Crippen LogP contribution >= 0.6 is 0 Å². The predicted octanol–water partition coefficient (Wildman–Crippen LogP) is 1.29. The summed E-state index contributed by atoms with van der Waals surface area (Å²) in [5.74, 6) is 0.923. The zero-order valence-electron chi connectivity index (χ0n) is 12.1. The van der Waals surface area contributed by atoms with Gasteiger partial charge in [0.05, 0.1) is 18.3 Å². The zero-order valence-corrected chi connectivity index (χ0v) is 12.1. The second kappa shape index (κ2) is 6.30. The number of anilines is 1. The van der Waals surface area contributed by atoms with Gasteiger partial charge in [-0.2, -0.15) is 5.10 Å². The molecular formula is C14H24N4O. The van der Waals surface area contributed by atoms with E-state index in [9.17, 15) is 0 Å². The lowest BCUT2D eigenvalue weighted by Gasteiger charge is -2.27. The van der Waals surface area contributed by atoms with E-state index in [0.717, 1.165) is 49.6 Å². The normalized spacial score (nSPS) is 18.8. The second-order valence-electron chi connectivity index (χ2n) is 4.97. The molecule has 0 aliphatic carbocycles. The van der Waals surface area contributed by atoms with Crippen molar-refractivity contribution >= 4 is 5.82 Å². The molecule has 0 radical (unpaired) electrons. The average Bonchev–Trinajstić information content (AvgIpc) is 2.98. The fourth-order valence-corrected chi connectivity index (χ4v) is 2.74. The summed E-state index contributed by atoms with van der Waals surface area (Å²) in [4.78, 5) is 2.18. The number of nitrogens with two attached hydrogens (primary N) is 1. The van der Waals surface area contributed by atoms with Crippen LogP contribution in [0.1, 0.15) is 37.1 Å². The molecule has 1 aliphatic rings. The minimum absolute atomic E-state index is 0.386. The molecule has 0 spiro atoms. The van der Waals surface area contributed by atoms with Gasteiger partial charge in [0, 0.05) is 25.8 Å². The van der Waals surface area contributed by atoms with Gasteiger partial charge in [-0.1, -0.05) is 13.8 Å². The van der Waals surface area contributed by atoms with E-state index in [4.69, 9.17) is 10.5 Å². The molecule has 2 rings (SSSR count). The lowest BCUT2D eigenvalue weighted by Crippen LogP contribution is -2.34. The molecule has 1 saturated heterocycles. The minimum atomic E-state index is 0.386. The highest BCUT2D eigenvalue weighted by Gasteiger charge is 2.25. The highest BCUT2D eigenvalue weighted by Crippen LogP contribution is 2.26. The number of ether oxygens (including phenoxy) is 1. The van der Waals surface area contributed by atoms with Crippen LogP contribution in [0, 0.1) is 0 Å². The molecule has 1 atom stereocenters. The van der Waals surface area contributed by atoms with Crippen LogP contribution in [0.2, 0.25) is 0 Å². The third-order valence-electron chi connectivity index (χ3n) is 3.93. The first-order chi connectivity index (χ1) is 9.22. The minimum Gasteiger partial charge on any atom is -0.379 e. The Hall–Kier alpha value is -1.20. The van der Waals surface area contributed by atoms with Crippen molar-refractivity contribution in [1.82, 2.24) is 10.2 Å². The first kappa shape index (κ1) is 14.2. The van der Waals surface area contributed by atoms with Crippen LogP contribution in [0.25, 0.3) is 0 Å². The van der Waals surface area contributed by atoms with E-state index >= 15 is 0 Å². The molecule has 0 bridgehead atoms. The maximum absolute atomic E-state index is 5.96. The van der Waals surface area contributed by atoms with Gasteiger partial charge in [0.25, 0.3) is 0 Å². The molecule has 1 aromatic heterocycles. The van der Waals surface area contributed by atoms with Gasteiger partial charge < -0.3 is 15.4 Å². The fourth-order valence-electron chi connectivity index (χ4n) is 2.74. The third kappa shape index (κ3) is 2.72. The van der Waals surface area contributed by atoms with Crippen molar-refractivity contribution in [3.8, 4) is 0 Å². The highest BCUT2D eigenvalue weighted by atomic mass is 16.5. The van der Waals surface area contributed by atoms with Gasteiger partial charge in [-0.15, -0.1) is 5.10 Å². The Balaban J connectivity index is 2.38. The zero-order chi connectivity index (χ0) is 13.8. The number of hydrogen-bond donors (Lipinski definition) is 1. The molecule has 106 valence electrons. The van der Waals surface area contributed by atoms with Gasteiger partial charge in [-0.3, -0.25) is 0 Å². The summed E-state index contributed by atoms with van der Waals surface area (Å²) in [6.07, 6.45) is 2.89. The quantitative estimate of drug-likeness (QED) is 0.868. The van der Waals surface area contributed by atoms with Crippen molar-refractivity contribution < 1.29 is 4.74 Å². The van der Waals surface area contributed by atoms with Gasteiger partial charge >= 0.3 is 0 Å². The molecular weight excluding hydrogens is 240 g/mol. The molecule has 2 heterocycles. The van der Waals surface area contributed by atoms with Crippen molar-refractivity contribution in [2.75, 3.05) is 25.2 Å². The van der Waals surface area contributed by atoms with E-state index in [1.165, 1.54) is 5.56 Å². The Kier molecular flexibility index (Phi) is 4.71. The number of aromatic nitrogens is 2. The van der Waals surface area contributed by atoms with Crippen LogP contribution in [0.3, 0.4) is 0 Å². The van der Waals surface area contributed by atoms with Gasteiger partial charge in [0.15, 0.2) is 5.82 Å². The smallest absolute Gasteiger partial charge is 0.156 e. The summed E-state index contributed by atoms with van der Waals surface area (Å²) < 4.78 is 5.45. The topological polar surface area (TPSA) is 64.3 Å². The summed E-state index contributed by atoms with van der Waals surface area (Å²) in [5, 5.41) is 8.79. The number of aryl methyl sites for hydroxylation is 1. The van der Waals surface area contributed by atoms with Crippen LogP contribution < -0.4 is 10.6 Å². The number of hydrogen-bond acceptors (Lipinski definition) is 5. The third-order valence-corrected chi connectivity index (χ3v) is 3.93. The summed E-state index contributed by atoms with van der Waals surface area (Å²) >= 11 is 0. The lowest BCUT2D eigenvalue weighted by molar-refractivity contribution is 0.193. The van der Waals surface area contributed by atoms with Crippen LogP contribution in [0.15, 0.2) is 0 Å². The number of likely N-dealkylation sites (N-methyl/N-ethyl adjacent to an activating group) is 1. The Morgan fingerprint density at radius 3 is 2.58 bits per heavy atom. The van der Waals surface area contributed by atoms with Gasteiger partial charge in [0.2, 0.25) is 0 Å². The predicted molar refractivity (Wildman–Crippen MR) is 76.3 cm³/mol. The first-order valence-electron chi connectivity index (χ1n) is 7.10. The standard InChI is InChI=1S/C14H24N4O/c1-4-11-12(8-15)14(17-16-13(11)5-2)18(3)10-6-7-19-9-10/h10H,4-9,15H2,1-3H3. The number of rotatable bonds is 5. The Labute approximate surface area is 115 Å². The van der Waals surface area contributed by atoms with E-state index < -0.39 is 0 Å². The van der Waals surface area contributed by atoms with E-state index in [2.05, 4.69) is 36.0 Å². The van der Waals surface area contributed by atoms with Crippen LogP contribution in [-0.4, -0.2) is 36.5 Å². The highest BCUT2D eigenvalue weighted by molar-refractivity contribution is 5.51. The van der Waals surface area contributed by atoms with Crippen molar-refractivity contribution in [1.29, 1.82) is 0 Å². The molecule has 0 saturated carbocycles. The average molecular weight is 264 g/mol. The van der Waals surface area contributed by atoms with Gasteiger partial charge in [-0.05, 0) is 24.8 Å². The van der Waals surface area contributed by atoms with Gasteiger partial charge in [0.1, 0.15) is 0 Å². The monoisotopic (exact) mass is 264 g/mol.